The molecule has 0 saturated carbocycles. The number of likely N-dealkylation sites (tertiary alicyclic amines) is 1. The van der Waals surface area contributed by atoms with Crippen molar-refractivity contribution in [1.29, 1.82) is 0 Å². The molecule has 1 amide bonds. The number of aromatic amines is 1. The molecule has 0 radical (unpaired) electrons. The van der Waals surface area contributed by atoms with Crippen LogP contribution in [0.5, 0.6) is 0 Å². The number of aromatic nitrogens is 4. The van der Waals surface area contributed by atoms with Gasteiger partial charge in [0.2, 0.25) is 5.91 Å². The number of carbonyl (C=O) groups excluding carboxylic acids is 1. The molecule has 0 unspecified atom stereocenters. The monoisotopic (exact) mass is 373 g/mol. The topological polar surface area (TPSA) is 66.3 Å². The van der Waals surface area contributed by atoms with E-state index in [1.54, 1.807) is 0 Å². The minimum Gasteiger partial charge on any atom is -0.361 e. The number of pyridine rings is 1. The number of hydrogen-bond acceptors (Lipinski definition) is 3. The van der Waals surface area contributed by atoms with Crippen molar-refractivity contribution in [3.63, 3.8) is 0 Å². The van der Waals surface area contributed by atoms with Gasteiger partial charge < -0.3 is 9.88 Å². The molecule has 0 bridgehead atoms. The zero-order chi connectivity index (χ0) is 18.9. The van der Waals surface area contributed by atoms with Gasteiger partial charge >= 0.3 is 0 Å². The van der Waals surface area contributed by atoms with Crippen LogP contribution in [0.15, 0.2) is 54.9 Å². The Kier molecular flexibility index (Phi) is 4.31. The predicted octanol–water partition coefficient (Wildman–Crippen LogP) is 3.55. The van der Waals surface area contributed by atoms with Gasteiger partial charge in [-0.2, -0.15) is 0 Å². The molecule has 1 aliphatic rings. The molecule has 142 valence electrons. The maximum atomic E-state index is 12.7. The SMILES string of the molecule is O=C(CCc1c[nH]c2ccccc12)N1CCC(c2nnc3ccccn23)CC1. The number of fused-ring (bicyclic) bond motifs is 2. The van der Waals surface area contributed by atoms with E-state index in [-0.39, 0.29) is 5.91 Å². The van der Waals surface area contributed by atoms with E-state index in [0.29, 0.717) is 12.3 Å². The molecule has 6 nitrogen and oxygen atoms in total. The van der Waals surface area contributed by atoms with Gasteiger partial charge in [0.1, 0.15) is 5.82 Å². The Morgan fingerprint density at radius 2 is 1.89 bits per heavy atom. The highest BCUT2D eigenvalue weighted by Crippen LogP contribution is 2.27. The van der Waals surface area contributed by atoms with Crippen LogP contribution >= 0.6 is 0 Å². The van der Waals surface area contributed by atoms with Crippen molar-refractivity contribution in [3.05, 3.63) is 66.2 Å². The standard InChI is InChI=1S/C22H23N5O/c28-21(9-8-17-15-23-19-6-2-1-5-18(17)19)26-13-10-16(11-14-26)22-25-24-20-7-3-4-12-27(20)22/h1-7,12,15-16,23H,8-11,13-14H2. The molecule has 1 saturated heterocycles. The van der Waals surface area contributed by atoms with Gasteiger partial charge in [-0.25, -0.2) is 0 Å². The molecule has 5 rings (SSSR count). The maximum Gasteiger partial charge on any atom is 0.222 e. The van der Waals surface area contributed by atoms with E-state index in [2.05, 4.69) is 31.7 Å². The Bertz CT molecular complexity index is 1120. The first-order valence-corrected chi connectivity index (χ1v) is 9.92. The molecule has 0 atom stereocenters. The van der Waals surface area contributed by atoms with Gasteiger partial charge in [0.05, 0.1) is 0 Å². The Labute approximate surface area is 163 Å². The van der Waals surface area contributed by atoms with Crippen molar-refractivity contribution in [3.8, 4) is 0 Å². The molecule has 4 aromatic rings. The number of benzene rings is 1. The fraction of sp³-hybridized carbons (Fsp3) is 0.318. The third-order valence-electron chi connectivity index (χ3n) is 5.84. The Morgan fingerprint density at radius 1 is 1.07 bits per heavy atom. The largest absolute Gasteiger partial charge is 0.361 e. The lowest BCUT2D eigenvalue weighted by Crippen LogP contribution is -2.38. The second-order valence-corrected chi connectivity index (χ2v) is 7.50. The number of para-hydroxylation sites is 1. The minimum absolute atomic E-state index is 0.245. The number of nitrogens with zero attached hydrogens (tertiary/aromatic N) is 4. The molecule has 3 aromatic heterocycles. The molecule has 0 aliphatic carbocycles. The summed E-state index contributed by atoms with van der Waals surface area (Å²) in [6.07, 6.45) is 7.25. The average molecular weight is 373 g/mol. The van der Waals surface area contributed by atoms with Gasteiger partial charge in [-0.15, -0.1) is 10.2 Å². The number of amides is 1. The first kappa shape index (κ1) is 17.0. The fourth-order valence-corrected chi connectivity index (χ4v) is 4.26. The molecule has 1 fully saturated rings. The van der Waals surface area contributed by atoms with Crippen LogP contribution in [-0.2, 0) is 11.2 Å². The first-order valence-electron chi connectivity index (χ1n) is 9.92. The van der Waals surface area contributed by atoms with Crippen molar-refractivity contribution in [1.82, 2.24) is 24.5 Å². The van der Waals surface area contributed by atoms with Gasteiger partial charge in [-0.1, -0.05) is 24.3 Å². The Hall–Kier alpha value is -3.15. The number of H-pyrrole nitrogens is 1. The Balaban J connectivity index is 1.20. The summed E-state index contributed by atoms with van der Waals surface area (Å²) in [6.45, 7) is 1.58. The maximum absolute atomic E-state index is 12.7. The first-order chi connectivity index (χ1) is 13.8. The van der Waals surface area contributed by atoms with E-state index in [1.165, 1.54) is 10.9 Å². The van der Waals surface area contributed by atoms with E-state index >= 15 is 0 Å². The van der Waals surface area contributed by atoms with Crippen molar-refractivity contribution in [2.24, 2.45) is 0 Å². The summed E-state index contributed by atoms with van der Waals surface area (Å²) < 4.78 is 2.07. The zero-order valence-electron chi connectivity index (χ0n) is 15.7. The molecule has 4 heterocycles. The summed E-state index contributed by atoms with van der Waals surface area (Å²) in [4.78, 5) is 18.0. The molecular formula is C22H23N5O. The minimum atomic E-state index is 0.245. The van der Waals surface area contributed by atoms with E-state index in [0.717, 1.165) is 49.3 Å². The number of hydrogen-bond donors (Lipinski definition) is 1. The van der Waals surface area contributed by atoms with Crippen molar-refractivity contribution < 1.29 is 4.79 Å². The van der Waals surface area contributed by atoms with Crippen LogP contribution in [0.2, 0.25) is 0 Å². The Morgan fingerprint density at radius 3 is 2.79 bits per heavy atom. The summed E-state index contributed by atoms with van der Waals surface area (Å²) in [6, 6.07) is 14.2. The summed E-state index contributed by atoms with van der Waals surface area (Å²) in [5, 5.41) is 9.87. The molecule has 1 aromatic carbocycles. The van der Waals surface area contributed by atoms with E-state index in [4.69, 9.17) is 0 Å². The van der Waals surface area contributed by atoms with E-state index in [9.17, 15) is 4.79 Å². The quantitative estimate of drug-likeness (QED) is 0.595. The summed E-state index contributed by atoms with van der Waals surface area (Å²) in [7, 11) is 0. The van der Waals surface area contributed by atoms with Crippen molar-refractivity contribution in [2.45, 2.75) is 31.6 Å². The number of piperidine rings is 1. The van der Waals surface area contributed by atoms with Gasteiger partial charge in [0.15, 0.2) is 5.65 Å². The lowest BCUT2D eigenvalue weighted by atomic mass is 9.95. The number of rotatable bonds is 4. The van der Waals surface area contributed by atoms with Crippen LogP contribution in [0.25, 0.3) is 16.6 Å². The third-order valence-corrected chi connectivity index (χ3v) is 5.84. The smallest absolute Gasteiger partial charge is 0.222 e. The van der Waals surface area contributed by atoms with Crippen LogP contribution < -0.4 is 0 Å². The van der Waals surface area contributed by atoms with Crippen LogP contribution in [0, 0.1) is 0 Å². The van der Waals surface area contributed by atoms with Gasteiger partial charge in [-0.05, 0) is 43.0 Å². The summed E-state index contributed by atoms with van der Waals surface area (Å²) in [5.74, 6) is 1.62. The van der Waals surface area contributed by atoms with Gasteiger partial charge in [-0.3, -0.25) is 9.20 Å². The second-order valence-electron chi connectivity index (χ2n) is 7.50. The predicted molar refractivity (Wildman–Crippen MR) is 108 cm³/mol. The average Bonchev–Trinajstić information content (AvgIpc) is 3.36. The van der Waals surface area contributed by atoms with Crippen LogP contribution in [0.1, 0.15) is 36.6 Å². The summed E-state index contributed by atoms with van der Waals surface area (Å²) in [5.41, 5.74) is 3.23. The van der Waals surface area contributed by atoms with E-state index < -0.39 is 0 Å². The highest BCUT2D eigenvalue weighted by molar-refractivity contribution is 5.84. The third kappa shape index (κ3) is 3.05. The zero-order valence-corrected chi connectivity index (χ0v) is 15.7. The number of carbonyl (C=O) groups is 1. The van der Waals surface area contributed by atoms with Gasteiger partial charge in [0, 0.05) is 48.7 Å². The molecule has 6 heteroatoms. The van der Waals surface area contributed by atoms with Gasteiger partial charge in [0.25, 0.3) is 0 Å². The molecule has 1 aliphatic heterocycles. The summed E-state index contributed by atoms with van der Waals surface area (Å²) >= 11 is 0. The van der Waals surface area contributed by atoms with Crippen LogP contribution in [0.4, 0.5) is 0 Å². The number of aryl methyl sites for hydroxylation is 1. The highest BCUT2D eigenvalue weighted by atomic mass is 16.2. The lowest BCUT2D eigenvalue weighted by Gasteiger charge is -2.31. The van der Waals surface area contributed by atoms with Crippen molar-refractivity contribution >= 4 is 22.5 Å². The molecule has 0 spiro atoms. The number of nitrogens with one attached hydrogen (secondary N) is 1. The molecule has 1 N–H and O–H groups in total. The lowest BCUT2D eigenvalue weighted by molar-refractivity contribution is -0.132. The van der Waals surface area contributed by atoms with Crippen LogP contribution in [0.3, 0.4) is 0 Å². The van der Waals surface area contributed by atoms with E-state index in [1.807, 2.05) is 47.6 Å². The highest BCUT2D eigenvalue weighted by Gasteiger charge is 2.26. The normalized spacial score (nSPS) is 15.5. The van der Waals surface area contributed by atoms with Crippen molar-refractivity contribution in [2.75, 3.05) is 13.1 Å². The van der Waals surface area contributed by atoms with Crippen LogP contribution in [-0.4, -0.2) is 43.5 Å². The molecule has 28 heavy (non-hydrogen) atoms. The fourth-order valence-electron chi connectivity index (χ4n) is 4.26. The molecular weight excluding hydrogens is 350 g/mol. The second kappa shape index (κ2) is 7.11.